The first-order valence-corrected chi connectivity index (χ1v) is 8.55. The standard InChI is InChI=1S/C20H28O2/c1-12(2)6-5-7-13(3)15-8-9-20(11-21)16-10-17(22)18(14(16)4)19(15)20/h6-9,14-16,18-19,21H,5,10-11H2,1-4H3/b13-7-/t14?,15-,16-,18-,19-,20-/m0/s1. The SMILES string of the molecule is CC(C)=CC/C=C(/C)[C@@H]1C=C[C@@]2(CO)[C@@H]1[C@@H]1C(=O)C[C@H]2C1C. The van der Waals surface area contributed by atoms with Crippen LogP contribution in [0.1, 0.15) is 40.5 Å². The van der Waals surface area contributed by atoms with E-state index in [2.05, 4.69) is 52.0 Å². The minimum atomic E-state index is -0.145. The lowest BCUT2D eigenvalue weighted by Gasteiger charge is -2.39. The molecule has 0 saturated heterocycles. The van der Waals surface area contributed by atoms with Crippen LogP contribution in [0.15, 0.2) is 35.5 Å². The van der Waals surface area contributed by atoms with E-state index in [-0.39, 0.29) is 23.9 Å². The number of allylic oxidation sites excluding steroid dienone is 5. The van der Waals surface area contributed by atoms with Crippen LogP contribution in [0, 0.1) is 35.0 Å². The molecule has 3 rings (SSSR count). The Morgan fingerprint density at radius 1 is 1.36 bits per heavy atom. The Morgan fingerprint density at radius 2 is 2.09 bits per heavy atom. The second-order valence-corrected chi connectivity index (χ2v) is 7.81. The van der Waals surface area contributed by atoms with Gasteiger partial charge < -0.3 is 5.11 Å². The molecule has 0 amide bonds. The topological polar surface area (TPSA) is 37.3 Å². The van der Waals surface area contributed by atoms with E-state index in [1.165, 1.54) is 11.1 Å². The van der Waals surface area contributed by atoms with Crippen LogP contribution in [-0.2, 0) is 4.79 Å². The van der Waals surface area contributed by atoms with Gasteiger partial charge in [0.15, 0.2) is 0 Å². The molecule has 120 valence electrons. The largest absolute Gasteiger partial charge is 0.395 e. The Balaban J connectivity index is 1.89. The molecule has 0 aromatic carbocycles. The van der Waals surface area contributed by atoms with Crippen molar-refractivity contribution in [2.45, 2.75) is 40.5 Å². The number of hydrogen-bond donors (Lipinski definition) is 1. The van der Waals surface area contributed by atoms with Crippen LogP contribution in [0.4, 0.5) is 0 Å². The summed E-state index contributed by atoms with van der Waals surface area (Å²) in [4.78, 5) is 12.4. The second-order valence-electron chi connectivity index (χ2n) is 7.81. The predicted octanol–water partition coefficient (Wildman–Crippen LogP) is 3.92. The number of rotatable bonds is 4. The van der Waals surface area contributed by atoms with E-state index >= 15 is 0 Å². The molecule has 2 bridgehead atoms. The van der Waals surface area contributed by atoms with E-state index in [9.17, 15) is 9.90 Å². The third-order valence-corrected chi connectivity index (χ3v) is 6.46. The van der Waals surface area contributed by atoms with Gasteiger partial charge in [-0.1, -0.05) is 42.4 Å². The number of fused-ring (bicyclic) bond motifs is 5. The van der Waals surface area contributed by atoms with Crippen LogP contribution in [0.5, 0.6) is 0 Å². The zero-order valence-corrected chi connectivity index (χ0v) is 14.2. The number of carbonyl (C=O) groups excluding carboxylic acids is 1. The van der Waals surface area contributed by atoms with Gasteiger partial charge in [-0.3, -0.25) is 4.79 Å². The average Bonchev–Trinajstić information content (AvgIpc) is 3.04. The minimum Gasteiger partial charge on any atom is -0.395 e. The summed E-state index contributed by atoms with van der Waals surface area (Å²) in [6.07, 6.45) is 10.6. The van der Waals surface area contributed by atoms with Crippen LogP contribution in [0.3, 0.4) is 0 Å². The molecule has 1 N–H and O–H groups in total. The summed E-state index contributed by atoms with van der Waals surface area (Å²) < 4.78 is 0. The first-order valence-electron chi connectivity index (χ1n) is 8.55. The van der Waals surface area contributed by atoms with Crippen molar-refractivity contribution in [3.8, 4) is 0 Å². The molecule has 3 aliphatic rings. The number of hydrogen-bond acceptors (Lipinski definition) is 2. The maximum Gasteiger partial charge on any atom is 0.136 e. The van der Waals surface area contributed by atoms with Crippen LogP contribution >= 0.6 is 0 Å². The Hall–Kier alpha value is -1.15. The third kappa shape index (κ3) is 2.07. The minimum absolute atomic E-state index is 0.143. The third-order valence-electron chi connectivity index (χ3n) is 6.46. The molecule has 22 heavy (non-hydrogen) atoms. The zero-order valence-electron chi connectivity index (χ0n) is 14.2. The van der Waals surface area contributed by atoms with E-state index in [1.54, 1.807) is 0 Å². The summed E-state index contributed by atoms with van der Waals surface area (Å²) in [5.41, 5.74) is 2.54. The van der Waals surface area contributed by atoms with E-state index in [4.69, 9.17) is 0 Å². The first-order chi connectivity index (χ1) is 10.4. The van der Waals surface area contributed by atoms with Crippen molar-refractivity contribution in [2.24, 2.45) is 35.0 Å². The van der Waals surface area contributed by atoms with E-state index in [1.807, 2.05) is 0 Å². The maximum absolute atomic E-state index is 12.4. The van der Waals surface area contributed by atoms with Gasteiger partial charge in [0, 0.05) is 23.7 Å². The Morgan fingerprint density at radius 3 is 2.73 bits per heavy atom. The van der Waals surface area contributed by atoms with Gasteiger partial charge in [0.2, 0.25) is 0 Å². The molecule has 2 saturated carbocycles. The normalized spacial score (nSPS) is 42.9. The highest BCUT2D eigenvalue weighted by molar-refractivity contribution is 5.86. The average molecular weight is 300 g/mol. The van der Waals surface area contributed by atoms with E-state index in [0.717, 1.165) is 6.42 Å². The molecule has 0 heterocycles. The molecule has 3 aliphatic carbocycles. The lowest BCUT2D eigenvalue weighted by Crippen LogP contribution is -2.41. The number of carbonyl (C=O) groups is 1. The molecule has 6 atom stereocenters. The number of Topliss-reactive ketones (excluding diaryl/α,β-unsaturated/α-hetero) is 1. The van der Waals surface area contributed by atoms with Crippen molar-refractivity contribution in [1.82, 2.24) is 0 Å². The van der Waals surface area contributed by atoms with Gasteiger partial charge in [0.25, 0.3) is 0 Å². The highest BCUT2D eigenvalue weighted by Gasteiger charge is 2.67. The molecule has 0 aromatic rings. The van der Waals surface area contributed by atoms with Crippen LogP contribution < -0.4 is 0 Å². The second kappa shape index (κ2) is 5.49. The highest BCUT2D eigenvalue weighted by atomic mass is 16.3. The summed E-state index contributed by atoms with van der Waals surface area (Å²) in [5.74, 6) is 1.93. The molecular weight excluding hydrogens is 272 g/mol. The van der Waals surface area contributed by atoms with Gasteiger partial charge >= 0.3 is 0 Å². The maximum atomic E-state index is 12.4. The number of aliphatic hydroxyl groups excluding tert-OH is 1. The van der Waals surface area contributed by atoms with Gasteiger partial charge in [-0.25, -0.2) is 0 Å². The summed E-state index contributed by atoms with van der Waals surface area (Å²) in [5, 5.41) is 10.1. The molecule has 0 radical (unpaired) electrons. The molecule has 0 aromatic heterocycles. The molecule has 1 unspecified atom stereocenters. The fraction of sp³-hybridized carbons (Fsp3) is 0.650. The van der Waals surface area contributed by atoms with Crippen molar-refractivity contribution in [3.05, 3.63) is 35.5 Å². The molecule has 0 spiro atoms. The van der Waals surface area contributed by atoms with Crippen molar-refractivity contribution in [3.63, 3.8) is 0 Å². The van der Waals surface area contributed by atoms with Gasteiger partial charge in [-0.05, 0) is 44.9 Å². The van der Waals surface area contributed by atoms with Crippen LogP contribution in [0.2, 0.25) is 0 Å². The van der Waals surface area contributed by atoms with E-state index < -0.39 is 0 Å². The van der Waals surface area contributed by atoms with Crippen molar-refractivity contribution in [2.75, 3.05) is 6.61 Å². The van der Waals surface area contributed by atoms with E-state index in [0.29, 0.717) is 30.0 Å². The summed E-state index contributed by atoms with van der Waals surface area (Å²) >= 11 is 0. The highest BCUT2D eigenvalue weighted by Crippen LogP contribution is 2.67. The summed E-state index contributed by atoms with van der Waals surface area (Å²) in [6, 6.07) is 0. The zero-order chi connectivity index (χ0) is 16.1. The van der Waals surface area contributed by atoms with Crippen molar-refractivity contribution in [1.29, 1.82) is 0 Å². The quantitative estimate of drug-likeness (QED) is 0.799. The van der Waals surface area contributed by atoms with Gasteiger partial charge in [-0.2, -0.15) is 0 Å². The Labute approximate surface area is 134 Å². The van der Waals surface area contributed by atoms with Crippen molar-refractivity contribution >= 4 is 5.78 Å². The van der Waals surface area contributed by atoms with Crippen molar-refractivity contribution < 1.29 is 9.90 Å². The molecule has 0 aliphatic heterocycles. The van der Waals surface area contributed by atoms with Gasteiger partial charge in [0.1, 0.15) is 5.78 Å². The lowest BCUT2D eigenvalue weighted by molar-refractivity contribution is -0.126. The fourth-order valence-corrected chi connectivity index (χ4v) is 5.39. The van der Waals surface area contributed by atoms with Gasteiger partial charge in [0.05, 0.1) is 6.61 Å². The molecule has 2 fully saturated rings. The van der Waals surface area contributed by atoms with Crippen LogP contribution in [0.25, 0.3) is 0 Å². The predicted molar refractivity (Wildman–Crippen MR) is 89.2 cm³/mol. The molecular formula is C20H28O2. The van der Waals surface area contributed by atoms with Crippen LogP contribution in [-0.4, -0.2) is 17.5 Å². The first kappa shape index (κ1) is 15.7. The number of ketones is 1. The Kier molecular flexibility index (Phi) is 3.92. The molecule has 2 heteroatoms. The summed E-state index contributed by atoms with van der Waals surface area (Å²) in [6.45, 7) is 8.81. The smallest absolute Gasteiger partial charge is 0.136 e. The lowest BCUT2D eigenvalue weighted by atomic mass is 9.65. The fourth-order valence-electron chi connectivity index (χ4n) is 5.39. The molecule has 2 nitrogen and oxygen atoms in total. The number of aliphatic hydroxyl groups is 1. The summed E-state index contributed by atoms with van der Waals surface area (Å²) in [7, 11) is 0. The Bertz CT molecular complexity index is 564. The monoisotopic (exact) mass is 300 g/mol. The van der Waals surface area contributed by atoms with Gasteiger partial charge in [-0.15, -0.1) is 0 Å².